The van der Waals surface area contributed by atoms with Gasteiger partial charge < -0.3 is 63.3 Å². The largest absolute Gasteiger partial charge is 0.480 e. The van der Waals surface area contributed by atoms with Crippen molar-refractivity contribution in [2.45, 2.75) is 114 Å². The van der Waals surface area contributed by atoms with Gasteiger partial charge in [-0.15, -0.1) is 0 Å². The fourth-order valence-electron chi connectivity index (χ4n) is 8.96. The Morgan fingerprint density at radius 1 is 0.676 bits per heavy atom. The molecule has 0 bridgehead atoms. The number of aromatic amines is 2. The lowest BCUT2D eigenvalue weighted by Gasteiger charge is -2.38. The number of rotatable bonds is 25. The molecular formula is C52H67N11O9S2. The number of amides is 7. The number of aromatic nitrogens is 2. The standard InChI is InChI=1S/C52H67N11O9S2/c1-28(2)44(52(71)72)62-49(68)42(27-74)61-47(66)38(22-31-24-55-35-17-9-7-15-32(31)35)58-46(65)37(19-11-12-20-53)57-50(69)43-23-34-33-16-8-10-18-36(33)56-40(34)25-63(43)51(70)39(21-30-13-5-4-6-14-30)59-48(67)41(26-73)60-45(64)29(3)54/h4-10,13-18,24,28-29,37-39,41-44,55-56,73-74H,11-12,19-23,25-27,53-54H2,1-3H3,(H,57,69)(H,58,65)(H,59,67)(H,60,64)(H,61,66)(H,62,68)(H,71,72)/t29-,37-,38-,39-,41-,42-,43-,44-/m0/s1. The van der Waals surface area contributed by atoms with Gasteiger partial charge in [-0.05, 0) is 67.5 Å². The van der Waals surface area contributed by atoms with Crippen LogP contribution in [0.15, 0.2) is 85.1 Å². The van der Waals surface area contributed by atoms with Crippen LogP contribution in [0.3, 0.4) is 0 Å². The zero-order valence-corrected chi connectivity index (χ0v) is 43.3. The van der Waals surface area contributed by atoms with E-state index in [2.05, 4.69) is 67.1 Å². The molecule has 13 N–H and O–H groups in total. The van der Waals surface area contributed by atoms with Gasteiger partial charge in [0.15, 0.2) is 0 Å². The highest BCUT2D eigenvalue weighted by molar-refractivity contribution is 7.80. The number of thiol groups is 2. The minimum atomic E-state index is -1.34. The summed E-state index contributed by atoms with van der Waals surface area (Å²) in [6.45, 7) is 4.93. The van der Waals surface area contributed by atoms with Crippen LogP contribution >= 0.6 is 25.3 Å². The van der Waals surface area contributed by atoms with Crippen LogP contribution in [0.2, 0.25) is 0 Å². The third-order valence-electron chi connectivity index (χ3n) is 13.1. The number of hydrogen-bond donors (Lipinski definition) is 13. The van der Waals surface area contributed by atoms with Gasteiger partial charge in [-0.2, -0.15) is 25.3 Å². The summed E-state index contributed by atoms with van der Waals surface area (Å²) in [6.07, 6.45) is 2.60. The summed E-state index contributed by atoms with van der Waals surface area (Å²) < 4.78 is 0. The van der Waals surface area contributed by atoms with E-state index in [0.29, 0.717) is 29.7 Å². The number of carboxylic acid groups (broad SMARTS) is 1. The van der Waals surface area contributed by atoms with Gasteiger partial charge in [0.2, 0.25) is 41.4 Å². The number of carbonyl (C=O) groups excluding carboxylic acids is 7. The van der Waals surface area contributed by atoms with Gasteiger partial charge in [0.1, 0.15) is 42.3 Å². The van der Waals surface area contributed by atoms with Gasteiger partial charge in [0.25, 0.3) is 0 Å². The number of carbonyl (C=O) groups is 8. The Morgan fingerprint density at radius 2 is 1.24 bits per heavy atom. The Labute approximate surface area is 439 Å². The number of nitrogens with one attached hydrogen (secondary N) is 8. The number of benzene rings is 3. The summed E-state index contributed by atoms with van der Waals surface area (Å²) in [5, 5.41) is 27.6. The molecule has 1 aliphatic rings. The number of nitrogens with zero attached hydrogens (tertiary/aromatic N) is 1. The first-order valence-corrected chi connectivity index (χ1v) is 25.9. The number of aliphatic carboxylic acids is 1. The number of fused-ring (bicyclic) bond motifs is 4. The Hall–Kier alpha value is -6.88. The van der Waals surface area contributed by atoms with Crippen molar-refractivity contribution in [2.75, 3.05) is 18.1 Å². The molecule has 0 saturated carbocycles. The van der Waals surface area contributed by atoms with E-state index in [-0.39, 0.29) is 50.3 Å². The SMILES string of the molecule is CC(C)[C@H](NC(=O)[C@H](CS)NC(=O)[C@H](Cc1c[nH]c2ccccc12)NC(=O)[C@H](CCCCN)NC(=O)[C@@H]1Cc2c([nH]c3ccccc23)CN1C(=O)[C@H](Cc1ccccc1)NC(=O)[C@H](CS)NC(=O)[C@H](C)N)C(=O)O. The van der Waals surface area contributed by atoms with Crippen molar-refractivity contribution in [3.05, 3.63) is 107 Å². The molecule has 0 aliphatic carbocycles. The maximum atomic E-state index is 15.2. The molecule has 6 rings (SSSR count). The van der Waals surface area contributed by atoms with Crippen LogP contribution in [-0.2, 0) is 64.2 Å². The Morgan fingerprint density at radius 3 is 1.88 bits per heavy atom. The minimum absolute atomic E-state index is 0.00788. The predicted octanol–water partition coefficient (Wildman–Crippen LogP) is 1.37. The molecule has 0 fully saturated rings. The number of nitrogens with two attached hydrogens (primary N) is 2. The van der Waals surface area contributed by atoms with Crippen molar-refractivity contribution in [3.63, 3.8) is 0 Å². The minimum Gasteiger partial charge on any atom is -0.480 e. The van der Waals surface area contributed by atoms with Crippen molar-refractivity contribution >= 4 is 94.4 Å². The van der Waals surface area contributed by atoms with Gasteiger partial charge in [0.05, 0.1) is 12.6 Å². The zero-order chi connectivity index (χ0) is 53.6. The van der Waals surface area contributed by atoms with Crippen LogP contribution in [0.25, 0.3) is 21.8 Å². The Bertz CT molecular complexity index is 2800. The maximum absolute atomic E-state index is 15.2. The Kier molecular flexibility index (Phi) is 20.1. The lowest BCUT2D eigenvalue weighted by atomic mass is 9.93. The van der Waals surface area contributed by atoms with E-state index < -0.39 is 102 Å². The summed E-state index contributed by atoms with van der Waals surface area (Å²) in [4.78, 5) is 119. The van der Waals surface area contributed by atoms with Crippen LogP contribution in [-0.4, -0.2) is 134 Å². The number of H-pyrrole nitrogens is 2. The molecule has 3 heterocycles. The summed E-state index contributed by atoms with van der Waals surface area (Å²) in [7, 11) is 0. The van der Waals surface area contributed by atoms with Crippen molar-refractivity contribution in [2.24, 2.45) is 17.4 Å². The molecule has 0 saturated heterocycles. The van der Waals surface area contributed by atoms with E-state index in [4.69, 9.17) is 11.5 Å². The van der Waals surface area contributed by atoms with Gasteiger partial charge in [0, 0.05) is 64.5 Å². The van der Waals surface area contributed by atoms with E-state index in [1.54, 1.807) is 44.3 Å². The maximum Gasteiger partial charge on any atom is 0.326 e. The third kappa shape index (κ3) is 14.2. The first-order valence-electron chi connectivity index (χ1n) is 24.6. The second-order valence-corrected chi connectivity index (χ2v) is 19.6. The number of unbranched alkanes of at least 4 members (excludes halogenated alkanes) is 1. The molecule has 3 aromatic carbocycles. The molecule has 0 unspecified atom stereocenters. The molecule has 7 amide bonds. The number of para-hydroxylation sites is 2. The highest BCUT2D eigenvalue weighted by atomic mass is 32.1. The first-order chi connectivity index (χ1) is 35.4. The summed E-state index contributed by atoms with van der Waals surface area (Å²) >= 11 is 8.59. The fraction of sp³-hybridized carbons (Fsp3) is 0.423. The number of carboxylic acids is 1. The summed E-state index contributed by atoms with van der Waals surface area (Å²) in [5.41, 5.74) is 16.0. The van der Waals surface area contributed by atoms with Gasteiger partial charge in [-0.25, -0.2) is 4.79 Å². The second-order valence-electron chi connectivity index (χ2n) is 18.9. The smallest absolute Gasteiger partial charge is 0.326 e. The van der Waals surface area contributed by atoms with E-state index in [1.165, 1.54) is 11.8 Å². The fourth-order valence-corrected chi connectivity index (χ4v) is 9.47. The lowest BCUT2D eigenvalue weighted by Crippen LogP contribution is -2.62. The van der Waals surface area contributed by atoms with Crippen LogP contribution in [0, 0.1) is 5.92 Å². The molecule has 1 aliphatic heterocycles. The molecule has 2 aromatic heterocycles. The molecule has 396 valence electrons. The molecule has 8 atom stereocenters. The highest BCUT2D eigenvalue weighted by Gasteiger charge is 2.41. The number of hydrogen-bond acceptors (Lipinski definition) is 12. The summed E-state index contributed by atoms with van der Waals surface area (Å²) in [5.74, 6) is -6.96. The average Bonchev–Trinajstić information content (AvgIpc) is 3.97. The van der Waals surface area contributed by atoms with Crippen LogP contribution in [0.4, 0.5) is 0 Å². The molecule has 20 nitrogen and oxygen atoms in total. The van der Waals surface area contributed by atoms with Crippen molar-refractivity contribution in [3.8, 4) is 0 Å². The second kappa shape index (κ2) is 26.4. The van der Waals surface area contributed by atoms with E-state index in [0.717, 1.165) is 27.4 Å². The lowest BCUT2D eigenvalue weighted by molar-refractivity contribution is -0.145. The van der Waals surface area contributed by atoms with E-state index in [1.807, 2.05) is 54.6 Å². The normalized spacial score (nSPS) is 16.2. The molecule has 0 spiro atoms. The van der Waals surface area contributed by atoms with Crippen molar-refractivity contribution in [1.29, 1.82) is 0 Å². The van der Waals surface area contributed by atoms with E-state index >= 15 is 9.59 Å². The average molecular weight is 1050 g/mol. The van der Waals surface area contributed by atoms with Gasteiger partial charge in [-0.1, -0.05) is 80.6 Å². The molecule has 0 radical (unpaired) electrons. The molecule has 74 heavy (non-hydrogen) atoms. The predicted molar refractivity (Wildman–Crippen MR) is 287 cm³/mol. The molecular weight excluding hydrogens is 987 g/mol. The molecule has 5 aromatic rings. The van der Waals surface area contributed by atoms with Gasteiger partial charge in [-0.3, -0.25) is 33.6 Å². The van der Waals surface area contributed by atoms with Crippen molar-refractivity contribution in [1.82, 2.24) is 46.8 Å². The monoisotopic (exact) mass is 1050 g/mol. The van der Waals surface area contributed by atoms with Crippen LogP contribution < -0.4 is 43.4 Å². The van der Waals surface area contributed by atoms with Crippen LogP contribution in [0.5, 0.6) is 0 Å². The van der Waals surface area contributed by atoms with E-state index in [9.17, 15) is 33.9 Å². The summed E-state index contributed by atoms with van der Waals surface area (Å²) in [6, 6.07) is 14.1. The zero-order valence-electron chi connectivity index (χ0n) is 41.6. The first kappa shape index (κ1) is 56.4. The van der Waals surface area contributed by atoms with Crippen LogP contribution in [0.1, 0.15) is 62.4 Å². The highest BCUT2D eigenvalue weighted by Crippen LogP contribution is 2.31. The molecule has 22 heteroatoms. The quantitative estimate of drug-likeness (QED) is 0.0293. The van der Waals surface area contributed by atoms with Gasteiger partial charge >= 0.3 is 5.97 Å². The Balaban J connectivity index is 1.33. The topological polar surface area (TPSA) is 316 Å². The van der Waals surface area contributed by atoms with Crippen molar-refractivity contribution < 1.29 is 43.5 Å². The third-order valence-corrected chi connectivity index (χ3v) is 13.8.